The van der Waals surface area contributed by atoms with Crippen molar-refractivity contribution in [3.05, 3.63) is 70.1 Å². The average Bonchev–Trinajstić information content (AvgIpc) is 3.06. The highest BCUT2D eigenvalue weighted by molar-refractivity contribution is 7.99. The Morgan fingerprint density at radius 1 is 1.06 bits per heavy atom. The van der Waals surface area contributed by atoms with Gasteiger partial charge in [-0.1, -0.05) is 36.4 Å². The molecular weight excluding hydrogens is 464 g/mol. The molecule has 9 heteroatoms. The number of benzene rings is 2. The van der Waals surface area contributed by atoms with Crippen LogP contribution >= 0.6 is 11.8 Å². The van der Waals surface area contributed by atoms with E-state index in [4.69, 9.17) is 14.5 Å². The summed E-state index contributed by atoms with van der Waals surface area (Å²) in [4.78, 5) is 31.3. The number of thioether (sulfide) groups is 1. The van der Waals surface area contributed by atoms with Crippen molar-refractivity contribution < 1.29 is 14.3 Å². The van der Waals surface area contributed by atoms with E-state index >= 15 is 0 Å². The van der Waals surface area contributed by atoms with Crippen LogP contribution in [0.25, 0.3) is 17.1 Å². The predicted molar refractivity (Wildman–Crippen MR) is 134 cm³/mol. The Balaban J connectivity index is 1.53. The van der Waals surface area contributed by atoms with Crippen LogP contribution in [-0.4, -0.2) is 45.1 Å². The number of Topliss-reactive ketones (excluding diaryl/α,β-unsaturated/α-hetero) is 1. The number of nitrogens with zero attached hydrogens (tertiary/aromatic N) is 4. The second-order valence-corrected chi connectivity index (χ2v) is 9.28. The Morgan fingerprint density at radius 2 is 1.89 bits per heavy atom. The Morgan fingerprint density at radius 3 is 2.66 bits per heavy atom. The molecule has 2 aromatic rings. The minimum absolute atomic E-state index is 0.0880. The highest BCUT2D eigenvalue weighted by Crippen LogP contribution is 2.32. The molecule has 0 atom stereocenters. The molecule has 8 nitrogen and oxygen atoms in total. The molecule has 3 heterocycles. The maximum Gasteiger partial charge on any atom is 0.284 e. The lowest BCUT2D eigenvalue weighted by molar-refractivity contribution is 0.101. The highest BCUT2D eigenvalue weighted by Gasteiger charge is 2.27. The summed E-state index contributed by atoms with van der Waals surface area (Å²) in [5, 5.41) is 5.26. The summed E-state index contributed by atoms with van der Waals surface area (Å²) in [6.07, 6.45) is 3.85. The van der Waals surface area contributed by atoms with Crippen LogP contribution in [0.15, 0.2) is 58.5 Å². The number of para-hydroxylation sites is 1. The van der Waals surface area contributed by atoms with Gasteiger partial charge in [0.15, 0.2) is 16.8 Å². The van der Waals surface area contributed by atoms with Crippen LogP contribution in [-0.2, 0) is 13.0 Å². The van der Waals surface area contributed by atoms with Crippen LogP contribution in [0.5, 0.6) is 11.5 Å². The average molecular weight is 491 g/mol. The van der Waals surface area contributed by atoms with Gasteiger partial charge in [0.25, 0.3) is 5.56 Å². The quantitative estimate of drug-likeness (QED) is 0.217. The normalized spacial score (nSPS) is 13.3. The number of carbonyl (C=O) groups is 1. The highest BCUT2D eigenvalue weighted by atomic mass is 32.2. The standard InChI is InChI=1S/C26H26N4O4S/c1-33-18-12-13-22(34-2)19(15-18)21(31)16-35-26-27-24-23(20-11-7-4-8-14-29(20)26)25(32)30(28-24)17-9-5-3-6-10-17/h3,5-6,9-10,12-13,15H,4,7-8,11,14,16H2,1-2H3. The number of ether oxygens (including phenoxy) is 2. The van der Waals surface area contributed by atoms with Gasteiger partial charge in [0.2, 0.25) is 0 Å². The van der Waals surface area contributed by atoms with Gasteiger partial charge in [0, 0.05) is 12.2 Å². The Kier molecular flexibility index (Phi) is 6.59. The molecule has 0 saturated carbocycles. The lowest BCUT2D eigenvalue weighted by Crippen LogP contribution is -2.19. The molecule has 180 valence electrons. The molecule has 0 aromatic heterocycles. The zero-order valence-corrected chi connectivity index (χ0v) is 20.5. The monoisotopic (exact) mass is 490 g/mol. The summed E-state index contributed by atoms with van der Waals surface area (Å²) in [5.41, 5.74) is 2.54. The molecule has 3 aliphatic heterocycles. The summed E-state index contributed by atoms with van der Waals surface area (Å²) in [5.74, 6) is 1.60. The van der Waals surface area contributed by atoms with Crippen LogP contribution in [0.2, 0.25) is 0 Å². The largest absolute Gasteiger partial charge is 0.497 e. The summed E-state index contributed by atoms with van der Waals surface area (Å²) in [6.45, 7) is 0.757. The molecule has 0 fully saturated rings. The van der Waals surface area contributed by atoms with Gasteiger partial charge in [0.1, 0.15) is 17.1 Å². The Bertz CT molecular complexity index is 1400. The molecule has 0 saturated heterocycles. The number of methoxy groups -OCH3 is 2. The fraction of sp³-hybridized carbons (Fsp3) is 0.308. The van der Waals surface area contributed by atoms with E-state index in [9.17, 15) is 9.59 Å². The number of hydrogen-bond acceptors (Lipinski definition) is 7. The number of hydrogen-bond donors (Lipinski definition) is 0. The van der Waals surface area contributed by atoms with E-state index in [2.05, 4.69) is 9.67 Å². The fourth-order valence-electron chi connectivity index (χ4n) is 4.45. The molecule has 0 N–H and O–H groups in total. The third-order valence-corrected chi connectivity index (χ3v) is 7.18. The van der Waals surface area contributed by atoms with Gasteiger partial charge in [-0.3, -0.25) is 9.59 Å². The predicted octanol–water partition coefficient (Wildman–Crippen LogP) is 4.25. The smallest absolute Gasteiger partial charge is 0.284 e. The third-order valence-electron chi connectivity index (χ3n) is 6.21. The molecule has 0 spiro atoms. The van der Waals surface area contributed by atoms with E-state index in [0.29, 0.717) is 39.3 Å². The number of rotatable bonds is 7. The number of carbonyl (C=O) groups excluding carboxylic acids is 1. The van der Waals surface area contributed by atoms with Crippen molar-refractivity contribution in [1.29, 1.82) is 0 Å². The molecule has 5 rings (SSSR count). The zero-order valence-electron chi connectivity index (χ0n) is 19.7. The van der Waals surface area contributed by atoms with Gasteiger partial charge in [-0.25, -0.2) is 4.98 Å². The van der Waals surface area contributed by atoms with Crippen molar-refractivity contribution in [1.82, 2.24) is 19.3 Å². The van der Waals surface area contributed by atoms with Crippen molar-refractivity contribution in [2.45, 2.75) is 37.4 Å². The Labute approximate surface area is 207 Å². The van der Waals surface area contributed by atoms with E-state index in [-0.39, 0.29) is 17.1 Å². The number of fused-ring (bicyclic) bond motifs is 3. The summed E-state index contributed by atoms with van der Waals surface area (Å²) in [7, 11) is 3.11. The van der Waals surface area contributed by atoms with Crippen LogP contribution in [0.1, 0.15) is 35.3 Å². The van der Waals surface area contributed by atoms with Crippen molar-refractivity contribution >= 4 is 17.5 Å². The summed E-state index contributed by atoms with van der Waals surface area (Å²) in [6, 6.07) is 14.6. The van der Waals surface area contributed by atoms with E-state index in [0.717, 1.165) is 37.9 Å². The van der Waals surface area contributed by atoms with Gasteiger partial charge >= 0.3 is 0 Å². The molecule has 0 amide bonds. The summed E-state index contributed by atoms with van der Waals surface area (Å²) < 4.78 is 14.2. The third kappa shape index (κ3) is 4.43. The van der Waals surface area contributed by atoms with Gasteiger partial charge in [-0.05, 0) is 49.6 Å². The van der Waals surface area contributed by atoms with Crippen LogP contribution in [0.4, 0.5) is 0 Å². The first-order valence-corrected chi connectivity index (χ1v) is 12.5. The summed E-state index contributed by atoms with van der Waals surface area (Å²) >= 11 is 1.36. The van der Waals surface area contributed by atoms with Gasteiger partial charge in [0.05, 0.1) is 31.2 Å². The van der Waals surface area contributed by atoms with E-state index in [1.807, 2.05) is 30.3 Å². The molecule has 2 aromatic carbocycles. The zero-order chi connectivity index (χ0) is 24.4. The fourth-order valence-corrected chi connectivity index (χ4v) is 5.37. The maximum atomic E-state index is 13.4. The van der Waals surface area contributed by atoms with Gasteiger partial charge in [-0.2, -0.15) is 4.68 Å². The lowest BCUT2D eigenvalue weighted by Gasteiger charge is -2.17. The van der Waals surface area contributed by atoms with Crippen LogP contribution in [0.3, 0.4) is 0 Å². The van der Waals surface area contributed by atoms with Gasteiger partial charge in [-0.15, -0.1) is 5.10 Å². The van der Waals surface area contributed by atoms with Crippen molar-refractivity contribution in [3.63, 3.8) is 0 Å². The minimum atomic E-state index is -0.155. The SMILES string of the molecule is COc1ccc(OC)c(C(=O)CSc2nc3nn(-c4ccccc4)c(=O)c-3c3n2CCCCC3)c1. The van der Waals surface area contributed by atoms with E-state index < -0.39 is 0 Å². The van der Waals surface area contributed by atoms with Crippen molar-refractivity contribution in [2.24, 2.45) is 0 Å². The molecule has 0 aliphatic carbocycles. The second kappa shape index (κ2) is 9.95. The minimum Gasteiger partial charge on any atom is -0.497 e. The molecule has 3 aliphatic rings. The van der Waals surface area contributed by atoms with E-state index in [1.165, 1.54) is 16.4 Å². The molecule has 0 radical (unpaired) electrons. The van der Waals surface area contributed by atoms with Crippen LogP contribution < -0.4 is 15.0 Å². The maximum absolute atomic E-state index is 13.4. The topological polar surface area (TPSA) is 88.2 Å². The lowest BCUT2D eigenvalue weighted by atomic mass is 10.1. The second-order valence-electron chi connectivity index (χ2n) is 8.33. The van der Waals surface area contributed by atoms with Crippen molar-refractivity contribution in [2.75, 3.05) is 20.0 Å². The number of ketones is 1. The molecular formula is C26H26N4O4S. The van der Waals surface area contributed by atoms with E-state index in [1.54, 1.807) is 32.4 Å². The number of aromatic nitrogens is 4. The van der Waals surface area contributed by atoms with Gasteiger partial charge < -0.3 is 14.0 Å². The first-order valence-electron chi connectivity index (χ1n) is 11.6. The molecule has 35 heavy (non-hydrogen) atoms. The van der Waals surface area contributed by atoms with Crippen LogP contribution in [0, 0.1) is 0 Å². The van der Waals surface area contributed by atoms with Crippen molar-refractivity contribution in [3.8, 4) is 28.6 Å². The Hall–Kier alpha value is -3.59. The first kappa shape index (κ1) is 23.2. The molecule has 0 unspecified atom stereocenters. The molecule has 0 bridgehead atoms. The first-order chi connectivity index (χ1) is 17.1.